The molecule has 3 heterocycles. The molecule has 2 aliphatic rings. The summed E-state index contributed by atoms with van der Waals surface area (Å²) in [6.45, 7) is 1.12. The molecule has 3 N–H and O–H groups in total. The Morgan fingerprint density at radius 2 is 1.90 bits per heavy atom. The molecule has 2 aromatic carbocycles. The highest BCUT2D eigenvalue weighted by atomic mass is 35.5. The summed E-state index contributed by atoms with van der Waals surface area (Å²) in [6, 6.07) is 19.2. The highest BCUT2D eigenvalue weighted by Gasteiger charge is 2.42. The molecular weight excluding hydrogens is 388 g/mol. The molecule has 6 nitrogen and oxygen atoms in total. The number of carbonyl (C=O) groups is 1. The monoisotopic (exact) mass is 408 g/mol. The fourth-order valence-corrected chi connectivity index (χ4v) is 4.32. The van der Waals surface area contributed by atoms with Crippen LogP contribution in [0.25, 0.3) is 0 Å². The fourth-order valence-electron chi connectivity index (χ4n) is 4.20. The van der Waals surface area contributed by atoms with Crippen LogP contribution >= 0.6 is 11.6 Å². The van der Waals surface area contributed by atoms with Crippen LogP contribution in [0.3, 0.4) is 0 Å². The molecule has 1 fully saturated rings. The molecule has 1 aromatic heterocycles. The molecule has 2 aliphatic heterocycles. The van der Waals surface area contributed by atoms with Crippen molar-refractivity contribution in [1.82, 2.24) is 15.8 Å². The van der Waals surface area contributed by atoms with Crippen molar-refractivity contribution in [3.63, 3.8) is 0 Å². The summed E-state index contributed by atoms with van der Waals surface area (Å²) in [5.74, 6) is 0.859. The average molecular weight is 409 g/mol. The van der Waals surface area contributed by atoms with E-state index < -0.39 is 0 Å². The largest absolute Gasteiger partial charge is 0.467 e. The summed E-state index contributed by atoms with van der Waals surface area (Å²) in [4.78, 5) is 15.2. The smallest absolute Gasteiger partial charge is 0.258 e. The van der Waals surface area contributed by atoms with E-state index in [4.69, 9.17) is 16.0 Å². The van der Waals surface area contributed by atoms with Crippen molar-refractivity contribution in [3.8, 4) is 0 Å². The van der Waals surface area contributed by atoms with Crippen molar-refractivity contribution in [2.45, 2.75) is 18.8 Å². The van der Waals surface area contributed by atoms with E-state index in [2.05, 4.69) is 16.2 Å². The highest BCUT2D eigenvalue weighted by molar-refractivity contribution is 6.30. The maximum Gasteiger partial charge on any atom is 0.258 e. The van der Waals surface area contributed by atoms with Crippen molar-refractivity contribution in [2.75, 3.05) is 11.9 Å². The predicted molar refractivity (Wildman–Crippen MR) is 111 cm³/mol. The van der Waals surface area contributed by atoms with Crippen molar-refractivity contribution in [3.05, 3.63) is 88.8 Å². The van der Waals surface area contributed by atoms with E-state index in [1.807, 2.05) is 65.6 Å². The standard InChI is InChI=1S/C22H21ClN4O2/c23-15-9-7-14(8-10-15)20-18(12-24-26-20)21-25-19-6-2-1-5-17(19)22(28)27(21)13-16-4-3-11-29-16/h1-11,18,20-21,24-26H,12-13H2. The highest BCUT2D eigenvalue weighted by Crippen LogP contribution is 2.36. The first-order chi connectivity index (χ1) is 14.2. The molecule has 1 saturated heterocycles. The second-order valence-electron chi connectivity index (χ2n) is 7.37. The van der Waals surface area contributed by atoms with Gasteiger partial charge in [0.05, 0.1) is 24.4 Å². The van der Waals surface area contributed by atoms with Gasteiger partial charge in [-0.15, -0.1) is 0 Å². The lowest BCUT2D eigenvalue weighted by Crippen LogP contribution is -2.53. The SMILES string of the molecule is O=C1c2ccccc2NC(C2CNNC2c2ccc(Cl)cc2)N1Cc1ccco1. The molecule has 29 heavy (non-hydrogen) atoms. The average Bonchev–Trinajstić information content (AvgIpc) is 3.43. The van der Waals surface area contributed by atoms with Crippen molar-refractivity contribution < 1.29 is 9.21 Å². The molecular formula is C22H21ClN4O2. The van der Waals surface area contributed by atoms with Crippen molar-refractivity contribution in [1.29, 1.82) is 0 Å². The minimum absolute atomic E-state index is 0.00232. The van der Waals surface area contributed by atoms with Crippen LogP contribution in [-0.2, 0) is 6.54 Å². The number of para-hydroxylation sites is 1. The Balaban J connectivity index is 1.51. The van der Waals surface area contributed by atoms with Gasteiger partial charge in [-0.2, -0.15) is 0 Å². The van der Waals surface area contributed by atoms with Crippen LogP contribution in [-0.4, -0.2) is 23.5 Å². The summed E-state index contributed by atoms with van der Waals surface area (Å²) in [6.07, 6.45) is 1.43. The topological polar surface area (TPSA) is 69.5 Å². The second kappa shape index (κ2) is 7.55. The zero-order valence-electron chi connectivity index (χ0n) is 15.6. The number of anilines is 1. The lowest BCUT2D eigenvalue weighted by atomic mass is 9.89. The number of nitrogens with zero attached hydrogens (tertiary/aromatic N) is 1. The van der Waals surface area contributed by atoms with Crippen molar-refractivity contribution >= 4 is 23.2 Å². The predicted octanol–water partition coefficient (Wildman–Crippen LogP) is 3.79. The third-order valence-electron chi connectivity index (χ3n) is 5.62. The lowest BCUT2D eigenvalue weighted by Gasteiger charge is -2.41. The van der Waals surface area contributed by atoms with Crippen LogP contribution in [0.15, 0.2) is 71.3 Å². The third-order valence-corrected chi connectivity index (χ3v) is 5.87. The molecule has 0 saturated carbocycles. The van der Waals surface area contributed by atoms with Gasteiger partial charge in [0.25, 0.3) is 5.91 Å². The van der Waals surface area contributed by atoms with Crippen molar-refractivity contribution in [2.24, 2.45) is 5.92 Å². The van der Waals surface area contributed by atoms with Gasteiger partial charge in [0.1, 0.15) is 11.9 Å². The van der Waals surface area contributed by atoms with Gasteiger partial charge in [0, 0.05) is 23.2 Å². The Morgan fingerprint density at radius 1 is 1.07 bits per heavy atom. The van der Waals surface area contributed by atoms with E-state index in [0.717, 1.165) is 23.6 Å². The van der Waals surface area contributed by atoms with E-state index in [9.17, 15) is 4.79 Å². The first-order valence-corrected chi connectivity index (χ1v) is 10.0. The molecule has 3 unspecified atom stereocenters. The number of halogens is 1. The Kier molecular flexibility index (Phi) is 4.75. The van der Waals surface area contributed by atoms with Crippen LogP contribution in [0.5, 0.6) is 0 Å². The Bertz CT molecular complexity index is 1010. The number of hydrogen-bond donors (Lipinski definition) is 3. The molecule has 0 bridgehead atoms. The van der Waals surface area contributed by atoms with Gasteiger partial charge in [-0.1, -0.05) is 35.9 Å². The molecule has 148 valence electrons. The third kappa shape index (κ3) is 3.40. The number of amides is 1. The van der Waals surface area contributed by atoms with Crippen LogP contribution in [0.1, 0.15) is 27.7 Å². The van der Waals surface area contributed by atoms with Gasteiger partial charge < -0.3 is 14.6 Å². The maximum atomic E-state index is 13.4. The summed E-state index contributed by atoms with van der Waals surface area (Å²) < 4.78 is 5.54. The van der Waals surface area contributed by atoms with Gasteiger partial charge >= 0.3 is 0 Å². The number of hydrazine groups is 1. The summed E-state index contributed by atoms with van der Waals surface area (Å²) in [5.41, 5.74) is 9.29. The number of hydrogen-bond acceptors (Lipinski definition) is 5. The molecule has 3 aromatic rings. The molecule has 7 heteroatoms. The van der Waals surface area contributed by atoms with Gasteiger partial charge in [0.2, 0.25) is 0 Å². The van der Waals surface area contributed by atoms with E-state index in [-0.39, 0.29) is 24.0 Å². The molecule has 3 atom stereocenters. The van der Waals surface area contributed by atoms with Gasteiger partial charge in [0.15, 0.2) is 0 Å². The summed E-state index contributed by atoms with van der Waals surface area (Å²) in [5, 5.41) is 4.30. The zero-order chi connectivity index (χ0) is 19.8. The van der Waals surface area contributed by atoms with Crippen LogP contribution in [0.2, 0.25) is 5.02 Å². The fraction of sp³-hybridized carbons (Fsp3) is 0.227. The van der Waals surface area contributed by atoms with E-state index in [1.54, 1.807) is 6.26 Å². The number of fused-ring (bicyclic) bond motifs is 1. The zero-order valence-corrected chi connectivity index (χ0v) is 16.4. The van der Waals surface area contributed by atoms with Gasteiger partial charge in [-0.05, 0) is 42.0 Å². The van der Waals surface area contributed by atoms with E-state index >= 15 is 0 Å². The van der Waals surface area contributed by atoms with E-state index in [0.29, 0.717) is 17.1 Å². The number of nitrogens with one attached hydrogen (secondary N) is 3. The number of rotatable bonds is 4. The minimum atomic E-state index is -0.203. The molecule has 0 radical (unpaired) electrons. The quantitative estimate of drug-likeness (QED) is 0.612. The lowest BCUT2D eigenvalue weighted by molar-refractivity contribution is 0.0580. The molecule has 0 aliphatic carbocycles. The van der Waals surface area contributed by atoms with E-state index in [1.165, 1.54) is 0 Å². The molecule has 1 amide bonds. The number of furan rings is 1. The molecule has 5 rings (SSSR count). The van der Waals surface area contributed by atoms with Crippen LogP contribution in [0, 0.1) is 5.92 Å². The normalized spacial score (nSPS) is 23.7. The van der Waals surface area contributed by atoms with Gasteiger partial charge in [-0.25, -0.2) is 5.43 Å². The molecule has 0 spiro atoms. The summed E-state index contributed by atoms with van der Waals surface area (Å²) >= 11 is 6.07. The minimum Gasteiger partial charge on any atom is -0.467 e. The first kappa shape index (κ1) is 18.2. The van der Waals surface area contributed by atoms with Crippen LogP contribution in [0.4, 0.5) is 5.69 Å². The first-order valence-electron chi connectivity index (χ1n) is 9.63. The summed E-state index contributed by atoms with van der Waals surface area (Å²) in [7, 11) is 0. The Hall–Kier alpha value is -2.80. The number of benzene rings is 2. The maximum absolute atomic E-state index is 13.4. The van der Waals surface area contributed by atoms with Gasteiger partial charge in [-0.3, -0.25) is 10.2 Å². The Morgan fingerprint density at radius 3 is 2.69 bits per heavy atom. The van der Waals surface area contributed by atoms with Crippen LogP contribution < -0.4 is 16.2 Å². The number of carbonyl (C=O) groups excluding carboxylic acids is 1. The second-order valence-corrected chi connectivity index (χ2v) is 7.80. The Labute approximate surface area is 173 Å².